The van der Waals surface area contributed by atoms with E-state index in [1.807, 2.05) is 17.0 Å². The molecular weight excluding hydrogens is 388 g/mol. The number of aryl methyl sites for hydroxylation is 1. The second kappa shape index (κ2) is 9.06. The zero-order chi connectivity index (χ0) is 20.2. The van der Waals surface area contributed by atoms with E-state index in [1.54, 1.807) is 0 Å². The van der Waals surface area contributed by atoms with E-state index in [0.29, 0.717) is 36.2 Å². The molecule has 0 unspecified atom stereocenters. The molecule has 4 rings (SSSR count). The Morgan fingerprint density at radius 1 is 1.03 bits per heavy atom. The number of ether oxygens (including phenoxy) is 2. The largest absolute Gasteiger partial charge is 0.489 e. The number of hydrogen-bond donors (Lipinski definition) is 0. The van der Waals surface area contributed by atoms with Gasteiger partial charge in [0, 0.05) is 39.1 Å². The van der Waals surface area contributed by atoms with Gasteiger partial charge in [-0.3, -0.25) is 9.69 Å². The molecule has 2 aromatic rings. The average molecular weight is 415 g/mol. The van der Waals surface area contributed by atoms with Crippen LogP contribution in [-0.2, 0) is 17.8 Å². The number of amides is 1. The molecule has 1 amide bonds. The number of rotatable bonds is 4. The van der Waals surface area contributed by atoms with Gasteiger partial charge in [-0.05, 0) is 30.2 Å². The molecule has 0 bridgehead atoms. The van der Waals surface area contributed by atoms with Gasteiger partial charge >= 0.3 is 0 Å². The zero-order valence-corrected chi connectivity index (χ0v) is 17.6. The van der Waals surface area contributed by atoms with Crippen LogP contribution in [0.2, 0.25) is 5.02 Å². The molecule has 1 saturated heterocycles. The Labute approximate surface area is 177 Å². The number of fused-ring (bicyclic) bond motifs is 1. The van der Waals surface area contributed by atoms with Gasteiger partial charge < -0.3 is 14.4 Å². The number of carbonyl (C=O) groups excluding carboxylic acids is 1. The summed E-state index contributed by atoms with van der Waals surface area (Å²) in [4.78, 5) is 17.2. The van der Waals surface area contributed by atoms with Crippen LogP contribution in [0.5, 0.6) is 11.5 Å². The third kappa shape index (κ3) is 5.03. The number of carbonyl (C=O) groups is 1. The minimum Gasteiger partial charge on any atom is -0.489 e. The first-order valence-electron chi connectivity index (χ1n) is 10.2. The number of nitrogens with zero attached hydrogens (tertiary/aromatic N) is 2. The van der Waals surface area contributed by atoms with E-state index >= 15 is 0 Å². The highest BCUT2D eigenvalue weighted by Gasteiger charge is 2.23. The maximum Gasteiger partial charge on any atom is 0.227 e. The molecule has 2 aliphatic heterocycles. The highest BCUT2D eigenvalue weighted by atomic mass is 35.5. The maximum absolute atomic E-state index is 12.8. The van der Waals surface area contributed by atoms with Crippen molar-refractivity contribution >= 4 is 17.5 Å². The van der Waals surface area contributed by atoms with Crippen LogP contribution in [0.3, 0.4) is 0 Å². The van der Waals surface area contributed by atoms with Crippen molar-refractivity contribution in [3.8, 4) is 11.5 Å². The van der Waals surface area contributed by atoms with Gasteiger partial charge in [0.15, 0.2) is 11.5 Å². The van der Waals surface area contributed by atoms with E-state index in [0.717, 1.165) is 44.7 Å². The zero-order valence-electron chi connectivity index (χ0n) is 16.8. The normalized spacial score (nSPS) is 17.1. The lowest BCUT2D eigenvalue weighted by atomic mass is 10.1. The molecule has 2 heterocycles. The summed E-state index contributed by atoms with van der Waals surface area (Å²) in [5.41, 5.74) is 3.48. The number of hydrogen-bond acceptors (Lipinski definition) is 4. The van der Waals surface area contributed by atoms with Crippen molar-refractivity contribution in [1.29, 1.82) is 0 Å². The van der Waals surface area contributed by atoms with Crippen LogP contribution in [0.15, 0.2) is 36.4 Å². The third-order valence-corrected chi connectivity index (χ3v) is 5.71. The van der Waals surface area contributed by atoms with Crippen molar-refractivity contribution in [3.05, 3.63) is 58.1 Å². The lowest BCUT2D eigenvalue weighted by Crippen LogP contribution is -2.48. The van der Waals surface area contributed by atoms with E-state index < -0.39 is 0 Å². The summed E-state index contributed by atoms with van der Waals surface area (Å²) < 4.78 is 11.4. The van der Waals surface area contributed by atoms with Gasteiger partial charge in [-0.25, -0.2) is 0 Å². The van der Waals surface area contributed by atoms with Crippen LogP contribution in [0.1, 0.15) is 23.1 Å². The second-order valence-corrected chi connectivity index (χ2v) is 8.19. The van der Waals surface area contributed by atoms with Crippen molar-refractivity contribution in [3.63, 3.8) is 0 Å². The molecule has 0 aliphatic carbocycles. The molecule has 2 aromatic carbocycles. The van der Waals surface area contributed by atoms with Gasteiger partial charge in [-0.2, -0.15) is 0 Å². The van der Waals surface area contributed by atoms with E-state index in [4.69, 9.17) is 21.1 Å². The van der Waals surface area contributed by atoms with Gasteiger partial charge in [0.25, 0.3) is 0 Å². The van der Waals surface area contributed by atoms with Gasteiger partial charge in [0.1, 0.15) is 0 Å². The molecular formula is C23H27ClN2O3. The van der Waals surface area contributed by atoms with Crippen LogP contribution in [-0.4, -0.2) is 55.1 Å². The Morgan fingerprint density at radius 3 is 2.62 bits per heavy atom. The molecule has 0 aromatic heterocycles. The maximum atomic E-state index is 12.8. The Morgan fingerprint density at radius 2 is 1.83 bits per heavy atom. The summed E-state index contributed by atoms with van der Waals surface area (Å²) in [6.07, 6.45) is 1.15. The van der Waals surface area contributed by atoms with Crippen LogP contribution >= 0.6 is 11.6 Å². The Bertz CT molecular complexity index is 878. The molecule has 0 radical (unpaired) electrons. The van der Waals surface area contributed by atoms with Gasteiger partial charge in [-0.1, -0.05) is 41.4 Å². The first-order chi connectivity index (χ1) is 14.1. The smallest absolute Gasteiger partial charge is 0.227 e. The minimum atomic E-state index is 0.130. The number of benzene rings is 2. The Balaban J connectivity index is 1.33. The summed E-state index contributed by atoms with van der Waals surface area (Å²) in [6.45, 7) is 7.53. The van der Waals surface area contributed by atoms with Gasteiger partial charge in [-0.15, -0.1) is 0 Å². The SMILES string of the molecule is Cc1cccc(CN2CCN(C(=O)Cc3cc(Cl)c4c(c3)OCCCO4)CC2)c1. The summed E-state index contributed by atoms with van der Waals surface area (Å²) in [6, 6.07) is 12.3. The van der Waals surface area contributed by atoms with Crippen molar-refractivity contribution in [2.45, 2.75) is 26.3 Å². The third-order valence-electron chi connectivity index (χ3n) is 5.43. The van der Waals surface area contributed by atoms with Crippen molar-refractivity contribution in [1.82, 2.24) is 9.80 Å². The topological polar surface area (TPSA) is 42.0 Å². The Kier molecular flexibility index (Phi) is 6.26. The highest BCUT2D eigenvalue weighted by molar-refractivity contribution is 6.32. The van der Waals surface area contributed by atoms with E-state index in [2.05, 4.69) is 36.1 Å². The van der Waals surface area contributed by atoms with Gasteiger partial charge in [0.05, 0.1) is 24.7 Å². The van der Waals surface area contributed by atoms with E-state index in [-0.39, 0.29) is 5.91 Å². The van der Waals surface area contributed by atoms with E-state index in [9.17, 15) is 4.79 Å². The molecule has 0 spiro atoms. The van der Waals surface area contributed by atoms with Gasteiger partial charge in [0.2, 0.25) is 5.91 Å². The van der Waals surface area contributed by atoms with Crippen LogP contribution in [0.25, 0.3) is 0 Å². The minimum absolute atomic E-state index is 0.130. The van der Waals surface area contributed by atoms with Crippen LogP contribution < -0.4 is 9.47 Å². The molecule has 0 atom stereocenters. The van der Waals surface area contributed by atoms with Crippen molar-refractivity contribution in [2.24, 2.45) is 0 Å². The first-order valence-corrected chi connectivity index (χ1v) is 10.6. The van der Waals surface area contributed by atoms with Crippen molar-refractivity contribution < 1.29 is 14.3 Å². The van der Waals surface area contributed by atoms with Crippen LogP contribution in [0.4, 0.5) is 0 Å². The lowest BCUT2D eigenvalue weighted by Gasteiger charge is -2.35. The molecule has 0 N–H and O–H groups in total. The summed E-state index contributed by atoms with van der Waals surface area (Å²) in [5.74, 6) is 1.36. The highest BCUT2D eigenvalue weighted by Crippen LogP contribution is 2.38. The second-order valence-electron chi connectivity index (χ2n) is 7.78. The molecule has 5 nitrogen and oxygen atoms in total. The fourth-order valence-electron chi connectivity index (χ4n) is 3.90. The Hall–Kier alpha value is -2.24. The molecule has 154 valence electrons. The predicted molar refractivity (Wildman–Crippen MR) is 114 cm³/mol. The first kappa shape index (κ1) is 20.0. The monoisotopic (exact) mass is 414 g/mol. The quantitative estimate of drug-likeness (QED) is 0.765. The fourth-order valence-corrected chi connectivity index (χ4v) is 4.18. The predicted octanol–water partition coefficient (Wildman–Crippen LogP) is 3.70. The summed E-state index contributed by atoms with van der Waals surface area (Å²) in [7, 11) is 0. The number of piperazine rings is 1. The number of halogens is 1. The molecule has 29 heavy (non-hydrogen) atoms. The molecule has 0 saturated carbocycles. The molecule has 6 heteroatoms. The van der Waals surface area contributed by atoms with Crippen LogP contribution in [0, 0.1) is 6.92 Å². The summed E-state index contributed by atoms with van der Waals surface area (Å²) in [5, 5.41) is 0.509. The standard InChI is InChI=1S/C23H27ClN2O3/c1-17-4-2-5-18(12-17)16-25-6-8-26(9-7-25)22(27)15-19-13-20(24)23-21(14-19)28-10-3-11-29-23/h2,4-5,12-14H,3,6-11,15-16H2,1H3. The lowest BCUT2D eigenvalue weighted by molar-refractivity contribution is -0.132. The molecule has 1 fully saturated rings. The molecule has 2 aliphatic rings. The van der Waals surface area contributed by atoms with Crippen molar-refractivity contribution in [2.75, 3.05) is 39.4 Å². The fraction of sp³-hybridized carbons (Fsp3) is 0.435. The van der Waals surface area contributed by atoms with E-state index in [1.165, 1.54) is 11.1 Å². The summed E-state index contributed by atoms with van der Waals surface area (Å²) >= 11 is 6.36. The average Bonchev–Trinajstić information content (AvgIpc) is 2.94.